The van der Waals surface area contributed by atoms with Gasteiger partial charge in [0.1, 0.15) is 11.4 Å². The Morgan fingerprint density at radius 1 is 1.44 bits per heavy atom. The zero-order valence-electron chi connectivity index (χ0n) is 8.70. The second-order valence-corrected chi connectivity index (χ2v) is 2.99. The van der Waals surface area contributed by atoms with Crippen LogP contribution >= 0.6 is 0 Å². The molecule has 0 aliphatic rings. The van der Waals surface area contributed by atoms with Crippen LogP contribution in [0.15, 0.2) is 12.1 Å². The highest BCUT2D eigenvalue weighted by Gasteiger charge is 2.19. The van der Waals surface area contributed by atoms with Crippen LogP contribution in [0.4, 0.5) is 10.1 Å². The van der Waals surface area contributed by atoms with E-state index in [4.69, 9.17) is 9.84 Å². The fraction of sp³-hybridized carbons (Fsp3) is 0.200. The third kappa shape index (κ3) is 2.28. The second kappa shape index (κ2) is 4.61. The molecule has 1 rings (SSSR count). The fourth-order valence-corrected chi connectivity index (χ4v) is 1.19. The molecule has 0 aliphatic carbocycles. The molecule has 2 N–H and O–H groups in total. The summed E-state index contributed by atoms with van der Waals surface area (Å²) in [6.07, 6.45) is 0. The first-order valence-corrected chi connectivity index (χ1v) is 4.34. The highest BCUT2D eigenvalue weighted by atomic mass is 19.1. The van der Waals surface area contributed by atoms with Gasteiger partial charge in [-0.2, -0.15) is 0 Å². The Hall–Kier alpha value is -2.11. The number of rotatable bonds is 3. The van der Waals surface area contributed by atoms with Crippen LogP contribution < -0.4 is 10.1 Å². The van der Waals surface area contributed by atoms with Gasteiger partial charge in [0.25, 0.3) is 0 Å². The normalized spacial score (nSPS) is 9.69. The lowest BCUT2D eigenvalue weighted by Gasteiger charge is -2.11. The minimum Gasteiger partial charge on any atom is -0.494 e. The summed E-state index contributed by atoms with van der Waals surface area (Å²) in [5, 5.41) is 10.9. The van der Waals surface area contributed by atoms with E-state index in [9.17, 15) is 14.0 Å². The number of carbonyl (C=O) groups is 2. The number of hydrogen-bond acceptors (Lipinski definition) is 3. The van der Waals surface area contributed by atoms with E-state index in [1.165, 1.54) is 20.1 Å². The molecular formula is C10H10FNO4. The smallest absolute Gasteiger partial charge is 0.338 e. The van der Waals surface area contributed by atoms with E-state index in [2.05, 4.69) is 5.32 Å². The molecule has 0 aromatic heterocycles. The SMILES string of the molecule is COc1ccc(C(=O)O)c(F)c1NC(C)=O. The van der Waals surface area contributed by atoms with Gasteiger partial charge in [0, 0.05) is 6.92 Å². The van der Waals surface area contributed by atoms with Crippen molar-refractivity contribution in [1.82, 2.24) is 0 Å². The molecule has 0 atom stereocenters. The van der Waals surface area contributed by atoms with Crippen LogP contribution in [0.3, 0.4) is 0 Å². The van der Waals surface area contributed by atoms with Crippen molar-refractivity contribution in [2.45, 2.75) is 6.92 Å². The molecule has 0 fully saturated rings. The summed E-state index contributed by atoms with van der Waals surface area (Å²) in [5.41, 5.74) is -0.792. The van der Waals surface area contributed by atoms with Gasteiger partial charge in [-0.15, -0.1) is 0 Å². The monoisotopic (exact) mass is 227 g/mol. The number of halogens is 1. The third-order valence-corrected chi connectivity index (χ3v) is 1.86. The first-order chi connectivity index (χ1) is 7.47. The summed E-state index contributed by atoms with van der Waals surface area (Å²) in [5.74, 6) is -2.88. The highest BCUT2D eigenvalue weighted by molar-refractivity contribution is 5.95. The van der Waals surface area contributed by atoms with Crippen molar-refractivity contribution in [3.63, 3.8) is 0 Å². The van der Waals surface area contributed by atoms with Crippen molar-refractivity contribution in [3.05, 3.63) is 23.5 Å². The minimum absolute atomic E-state index is 0.0673. The van der Waals surface area contributed by atoms with Gasteiger partial charge in [-0.25, -0.2) is 9.18 Å². The van der Waals surface area contributed by atoms with Gasteiger partial charge in [-0.1, -0.05) is 0 Å². The van der Waals surface area contributed by atoms with Gasteiger partial charge in [0.05, 0.1) is 12.7 Å². The van der Waals surface area contributed by atoms with Crippen LogP contribution in [0.2, 0.25) is 0 Å². The molecule has 0 saturated carbocycles. The minimum atomic E-state index is -1.41. The van der Waals surface area contributed by atoms with E-state index >= 15 is 0 Å². The Balaban J connectivity index is 3.34. The second-order valence-electron chi connectivity index (χ2n) is 2.99. The Morgan fingerprint density at radius 3 is 2.50 bits per heavy atom. The van der Waals surface area contributed by atoms with Crippen LogP contribution in [0.1, 0.15) is 17.3 Å². The summed E-state index contributed by atoms with van der Waals surface area (Å²) in [7, 11) is 1.29. The molecule has 0 radical (unpaired) electrons. The lowest BCUT2D eigenvalue weighted by atomic mass is 10.1. The summed E-state index contributed by atoms with van der Waals surface area (Å²) in [6.45, 7) is 1.19. The number of nitrogens with one attached hydrogen (secondary N) is 1. The number of methoxy groups -OCH3 is 1. The van der Waals surface area contributed by atoms with Gasteiger partial charge in [0.2, 0.25) is 5.91 Å². The number of carboxylic acid groups (broad SMARTS) is 1. The lowest BCUT2D eigenvalue weighted by molar-refractivity contribution is -0.114. The lowest BCUT2D eigenvalue weighted by Crippen LogP contribution is -2.12. The van der Waals surface area contributed by atoms with E-state index in [-0.39, 0.29) is 11.4 Å². The number of benzene rings is 1. The fourth-order valence-electron chi connectivity index (χ4n) is 1.19. The number of anilines is 1. The largest absolute Gasteiger partial charge is 0.494 e. The van der Waals surface area contributed by atoms with Gasteiger partial charge in [-0.05, 0) is 12.1 Å². The van der Waals surface area contributed by atoms with Gasteiger partial charge in [0.15, 0.2) is 5.82 Å². The van der Waals surface area contributed by atoms with Crippen LogP contribution in [0, 0.1) is 5.82 Å². The molecule has 6 heteroatoms. The standard InChI is InChI=1S/C10H10FNO4/c1-5(13)12-9-7(16-2)4-3-6(8(9)11)10(14)15/h3-4H,1-2H3,(H,12,13)(H,14,15). The molecule has 1 aromatic carbocycles. The molecule has 0 spiro atoms. The highest BCUT2D eigenvalue weighted by Crippen LogP contribution is 2.29. The molecule has 0 saturated heterocycles. The van der Waals surface area contributed by atoms with Crippen LogP contribution in [0.25, 0.3) is 0 Å². The van der Waals surface area contributed by atoms with E-state index in [0.717, 1.165) is 6.07 Å². The topological polar surface area (TPSA) is 75.6 Å². The maximum Gasteiger partial charge on any atom is 0.338 e. The average Bonchev–Trinajstić information content (AvgIpc) is 2.19. The summed E-state index contributed by atoms with van der Waals surface area (Å²) < 4.78 is 18.5. The van der Waals surface area contributed by atoms with Gasteiger partial charge >= 0.3 is 5.97 Å². The predicted octanol–water partition coefficient (Wildman–Crippen LogP) is 1.49. The van der Waals surface area contributed by atoms with Crippen molar-refractivity contribution in [3.8, 4) is 5.75 Å². The predicted molar refractivity (Wildman–Crippen MR) is 54.2 cm³/mol. The van der Waals surface area contributed by atoms with Crippen molar-refractivity contribution < 1.29 is 23.8 Å². The summed E-state index contributed by atoms with van der Waals surface area (Å²) in [4.78, 5) is 21.5. The number of carboxylic acids is 1. The Morgan fingerprint density at radius 2 is 2.06 bits per heavy atom. The number of carbonyl (C=O) groups excluding carboxylic acids is 1. The first-order valence-electron chi connectivity index (χ1n) is 4.34. The van der Waals surface area contributed by atoms with E-state index in [0.29, 0.717) is 0 Å². The van der Waals surface area contributed by atoms with Gasteiger partial charge < -0.3 is 15.2 Å². The van der Waals surface area contributed by atoms with E-state index in [1.54, 1.807) is 0 Å². The molecule has 0 unspecified atom stereocenters. The maximum atomic E-state index is 13.7. The molecular weight excluding hydrogens is 217 g/mol. The van der Waals surface area contributed by atoms with Crippen LogP contribution in [-0.4, -0.2) is 24.1 Å². The molecule has 0 aliphatic heterocycles. The number of aromatic carboxylic acids is 1. The van der Waals surface area contributed by atoms with Gasteiger partial charge in [-0.3, -0.25) is 4.79 Å². The molecule has 5 nitrogen and oxygen atoms in total. The van der Waals surface area contributed by atoms with Crippen molar-refractivity contribution >= 4 is 17.6 Å². The van der Waals surface area contributed by atoms with Crippen molar-refractivity contribution in [2.75, 3.05) is 12.4 Å². The molecule has 1 amide bonds. The van der Waals surface area contributed by atoms with E-state index in [1.807, 2.05) is 0 Å². The quantitative estimate of drug-likeness (QED) is 0.820. The maximum absolute atomic E-state index is 13.7. The average molecular weight is 227 g/mol. The zero-order chi connectivity index (χ0) is 12.3. The molecule has 86 valence electrons. The van der Waals surface area contributed by atoms with Crippen LogP contribution in [-0.2, 0) is 4.79 Å². The first kappa shape index (κ1) is 12.0. The Kier molecular flexibility index (Phi) is 3.44. The van der Waals surface area contributed by atoms with E-state index < -0.39 is 23.3 Å². The summed E-state index contributed by atoms with van der Waals surface area (Å²) in [6, 6.07) is 2.35. The summed E-state index contributed by atoms with van der Waals surface area (Å²) >= 11 is 0. The number of ether oxygens (including phenoxy) is 1. The number of amides is 1. The molecule has 1 aromatic rings. The molecule has 0 heterocycles. The molecule has 16 heavy (non-hydrogen) atoms. The third-order valence-electron chi connectivity index (χ3n) is 1.86. The molecule has 0 bridgehead atoms. The number of hydrogen-bond donors (Lipinski definition) is 2. The zero-order valence-corrected chi connectivity index (χ0v) is 8.70. The van der Waals surface area contributed by atoms with Crippen molar-refractivity contribution in [1.29, 1.82) is 0 Å². The Labute approximate surface area is 90.8 Å². The Bertz CT molecular complexity index is 445. The van der Waals surface area contributed by atoms with Crippen molar-refractivity contribution in [2.24, 2.45) is 0 Å². The van der Waals surface area contributed by atoms with Crippen LogP contribution in [0.5, 0.6) is 5.75 Å².